The minimum atomic E-state index is 0.751. The van der Waals surface area contributed by atoms with E-state index in [1.54, 1.807) is 4.68 Å². The van der Waals surface area contributed by atoms with E-state index < -0.39 is 0 Å². The van der Waals surface area contributed by atoms with Gasteiger partial charge in [0.15, 0.2) is 4.60 Å². The molecule has 0 aliphatic heterocycles. The summed E-state index contributed by atoms with van der Waals surface area (Å²) in [7, 11) is 1.88. The number of hydrogen-bond acceptors (Lipinski definition) is 2. The second-order valence-corrected chi connectivity index (χ2v) is 4.44. The molecule has 0 N–H and O–H groups in total. The van der Waals surface area contributed by atoms with Gasteiger partial charge in [0.2, 0.25) is 0 Å². The van der Waals surface area contributed by atoms with Crippen LogP contribution in [0, 0.1) is 0 Å². The Morgan fingerprint density at radius 1 is 1.33 bits per heavy atom. The molecule has 0 atom stereocenters. The quantitative estimate of drug-likeness (QED) is 0.850. The molecular weight excluding hydrogens is 277 g/mol. The van der Waals surface area contributed by atoms with Crippen LogP contribution in [0.15, 0.2) is 28.9 Å². The van der Waals surface area contributed by atoms with Crippen molar-refractivity contribution in [1.29, 1.82) is 0 Å². The maximum Gasteiger partial charge on any atom is 0.151 e. The smallest absolute Gasteiger partial charge is 0.151 e. The Labute approximate surface area is 101 Å². The summed E-state index contributed by atoms with van der Waals surface area (Å²) in [5, 5.41) is 8.61. The first-order chi connectivity index (χ1) is 7.16. The van der Waals surface area contributed by atoms with Gasteiger partial charge in [0.25, 0.3) is 0 Å². The molecule has 78 valence electrons. The highest BCUT2D eigenvalue weighted by atomic mass is 79.9. The molecule has 1 aromatic heterocycles. The molecule has 0 saturated heterocycles. The van der Waals surface area contributed by atoms with Gasteiger partial charge in [-0.1, -0.05) is 28.9 Å². The topological polar surface area (TPSA) is 30.7 Å². The average molecular weight is 287 g/mol. The van der Waals surface area contributed by atoms with E-state index in [1.165, 1.54) is 5.56 Å². The molecule has 0 saturated carbocycles. The van der Waals surface area contributed by atoms with Crippen molar-refractivity contribution in [3.05, 3.63) is 45.1 Å². The molecule has 0 spiro atoms. The predicted molar refractivity (Wildman–Crippen MR) is 63.0 cm³/mol. The highest BCUT2D eigenvalue weighted by molar-refractivity contribution is 9.10. The van der Waals surface area contributed by atoms with Crippen LogP contribution in [-0.4, -0.2) is 15.0 Å². The average Bonchev–Trinajstić information content (AvgIpc) is 2.53. The van der Waals surface area contributed by atoms with Gasteiger partial charge in [-0.15, -0.1) is 5.10 Å². The first kappa shape index (κ1) is 10.6. The minimum absolute atomic E-state index is 0.751. The van der Waals surface area contributed by atoms with Crippen molar-refractivity contribution in [3.63, 3.8) is 0 Å². The lowest BCUT2D eigenvalue weighted by atomic mass is 10.1. The van der Waals surface area contributed by atoms with Gasteiger partial charge >= 0.3 is 0 Å². The lowest BCUT2D eigenvalue weighted by Crippen LogP contribution is -1.99. The Hall–Kier alpha value is -0.870. The summed E-state index contributed by atoms with van der Waals surface area (Å²) in [5.74, 6) is 0. The number of aromatic nitrogens is 3. The number of halogens is 2. The molecular formula is C10H9BrClN3. The number of hydrogen-bond donors (Lipinski definition) is 0. The molecule has 1 aromatic carbocycles. The summed E-state index contributed by atoms with van der Waals surface area (Å²) in [6.07, 6.45) is 0.793. The normalized spacial score (nSPS) is 10.6. The SMILES string of the molecule is Cn1nnc(Br)c1Cc1ccc(Cl)cc1. The summed E-state index contributed by atoms with van der Waals surface area (Å²) in [5.41, 5.74) is 2.24. The van der Waals surface area contributed by atoms with Crippen LogP contribution in [0.5, 0.6) is 0 Å². The van der Waals surface area contributed by atoms with Gasteiger partial charge in [0, 0.05) is 18.5 Å². The van der Waals surface area contributed by atoms with E-state index in [0.29, 0.717) is 0 Å². The van der Waals surface area contributed by atoms with Gasteiger partial charge in [-0.05, 0) is 33.6 Å². The van der Waals surface area contributed by atoms with Gasteiger partial charge in [-0.3, -0.25) is 4.68 Å². The zero-order chi connectivity index (χ0) is 10.8. The van der Waals surface area contributed by atoms with Crippen LogP contribution >= 0.6 is 27.5 Å². The molecule has 0 amide bonds. The van der Waals surface area contributed by atoms with E-state index in [2.05, 4.69) is 26.2 Å². The Morgan fingerprint density at radius 3 is 2.53 bits per heavy atom. The van der Waals surface area contributed by atoms with Crippen LogP contribution in [0.2, 0.25) is 5.02 Å². The summed E-state index contributed by atoms with van der Waals surface area (Å²) in [4.78, 5) is 0. The van der Waals surface area contributed by atoms with Crippen LogP contribution in [0.25, 0.3) is 0 Å². The van der Waals surface area contributed by atoms with Gasteiger partial charge in [0.05, 0.1) is 5.69 Å². The van der Waals surface area contributed by atoms with Crippen LogP contribution < -0.4 is 0 Å². The molecule has 1 heterocycles. The first-order valence-electron chi connectivity index (χ1n) is 4.45. The molecule has 0 fully saturated rings. The third-order valence-electron chi connectivity index (χ3n) is 2.18. The van der Waals surface area contributed by atoms with Crippen molar-refractivity contribution >= 4 is 27.5 Å². The molecule has 0 unspecified atom stereocenters. The molecule has 0 radical (unpaired) electrons. The molecule has 5 heteroatoms. The summed E-state index contributed by atoms with van der Waals surface area (Å²) >= 11 is 9.19. The van der Waals surface area contributed by atoms with Crippen LogP contribution in [-0.2, 0) is 13.5 Å². The summed E-state index contributed by atoms with van der Waals surface area (Å²) in [6.45, 7) is 0. The summed E-state index contributed by atoms with van der Waals surface area (Å²) < 4.78 is 2.55. The number of rotatable bonds is 2. The highest BCUT2D eigenvalue weighted by Crippen LogP contribution is 2.17. The maximum atomic E-state index is 5.82. The lowest BCUT2D eigenvalue weighted by molar-refractivity contribution is 0.686. The standard InChI is InChI=1S/C10H9BrClN3/c1-15-9(10(11)13-14-15)6-7-2-4-8(12)5-3-7/h2-5H,6H2,1H3. The van der Waals surface area contributed by atoms with E-state index >= 15 is 0 Å². The fourth-order valence-corrected chi connectivity index (χ4v) is 1.93. The predicted octanol–water partition coefficient (Wildman–Crippen LogP) is 2.82. The van der Waals surface area contributed by atoms with E-state index in [0.717, 1.165) is 21.7 Å². The number of nitrogens with zero attached hydrogens (tertiary/aromatic N) is 3. The molecule has 3 nitrogen and oxygen atoms in total. The molecule has 0 bridgehead atoms. The van der Waals surface area contributed by atoms with E-state index in [9.17, 15) is 0 Å². The zero-order valence-corrected chi connectivity index (χ0v) is 10.5. The maximum absolute atomic E-state index is 5.82. The Bertz CT molecular complexity index is 445. The van der Waals surface area contributed by atoms with Gasteiger partial charge < -0.3 is 0 Å². The second-order valence-electron chi connectivity index (χ2n) is 3.25. The fraction of sp³-hybridized carbons (Fsp3) is 0.200. The molecule has 2 aromatic rings. The van der Waals surface area contributed by atoms with Crippen molar-refractivity contribution in [2.24, 2.45) is 7.05 Å². The monoisotopic (exact) mass is 285 g/mol. The van der Waals surface area contributed by atoms with E-state index in [1.807, 2.05) is 31.3 Å². The Kier molecular flexibility index (Phi) is 3.07. The molecule has 0 aliphatic rings. The third-order valence-corrected chi connectivity index (χ3v) is 3.05. The van der Waals surface area contributed by atoms with E-state index in [4.69, 9.17) is 11.6 Å². The van der Waals surface area contributed by atoms with Crippen LogP contribution in [0.4, 0.5) is 0 Å². The van der Waals surface area contributed by atoms with E-state index in [-0.39, 0.29) is 0 Å². The third kappa shape index (κ3) is 2.38. The fourth-order valence-electron chi connectivity index (χ4n) is 1.33. The first-order valence-corrected chi connectivity index (χ1v) is 5.62. The van der Waals surface area contributed by atoms with Crippen LogP contribution in [0.1, 0.15) is 11.3 Å². The summed E-state index contributed by atoms with van der Waals surface area (Å²) in [6, 6.07) is 7.77. The zero-order valence-electron chi connectivity index (χ0n) is 8.11. The molecule has 2 rings (SSSR count). The van der Waals surface area contributed by atoms with Crippen molar-refractivity contribution in [3.8, 4) is 0 Å². The van der Waals surface area contributed by atoms with Crippen molar-refractivity contribution < 1.29 is 0 Å². The van der Waals surface area contributed by atoms with Crippen molar-refractivity contribution in [2.45, 2.75) is 6.42 Å². The van der Waals surface area contributed by atoms with Crippen LogP contribution in [0.3, 0.4) is 0 Å². The van der Waals surface area contributed by atoms with Gasteiger partial charge in [0.1, 0.15) is 0 Å². The van der Waals surface area contributed by atoms with Crippen molar-refractivity contribution in [2.75, 3.05) is 0 Å². The Balaban J connectivity index is 2.25. The minimum Gasteiger partial charge on any atom is -0.251 e. The highest BCUT2D eigenvalue weighted by Gasteiger charge is 2.08. The largest absolute Gasteiger partial charge is 0.251 e. The second kappa shape index (κ2) is 4.33. The van der Waals surface area contributed by atoms with Gasteiger partial charge in [-0.25, -0.2) is 0 Å². The molecule has 0 aliphatic carbocycles. The lowest BCUT2D eigenvalue weighted by Gasteiger charge is -2.02. The number of aryl methyl sites for hydroxylation is 1. The van der Waals surface area contributed by atoms with Gasteiger partial charge in [-0.2, -0.15) is 0 Å². The Morgan fingerprint density at radius 2 is 2.00 bits per heavy atom. The number of benzene rings is 1. The molecule has 15 heavy (non-hydrogen) atoms. The van der Waals surface area contributed by atoms with Crippen molar-refractivity contribution in [1.82, 2.24) is 15.0 Å².